The van der Waals surface area contributed by atoms with Crippen LogP contribution in [0.25, 0.3) is 11.4 Å². The molecule has 4 bridgehead atoms. The number of aromatic amines is 1. The highest BCUT2D eigenvalue weighted by molar-refractivity contribution is 5.94. The van der Waals surface area contributed by atoms with E-state index in [9.17, 15) is 4.79 Å². The number of piperidine rings is 2. The fraction of sp³-hybridized carbons (Fsp3) is 0.385. The Morgan fingerprint density at radius 1 is 1.00 bits per heavy atom. The Kier molecular flexibility index (Phi) is 4.66. The van der Waals surface area contributed by atoms with Gasteiger partial charge >= 0.3 is 0 Å². The molecule has 4 fully saturated rings. The Morgan fingerprint density at radius 3 is 2.28 bits per heavy atom. The smallest absolute Gasteiger partial charge is 0.272 e. The number of carbonyl (C=O) groups excluding carboxylic acids is 1. The van der Waals surface area contributed by atoms with Crippen LogP contribution in [0.3, 0.4) is 0 Å². The van der Waals surface area contributed by atoms with Gasteiger partial charge < -0.3 is 20.1 Å². The summed E-state index contributed by atoms with van der Waals surface area (Å²) in [5.41, 5.74) is 3.53. The van der Waals surface area contributed by atoms with Gasteiger partial charge in [-0.25, -0.2) is 4.98 Å². The fourth-order valence-corrected chi connectivity index (χ4v) is 6.19. The van der Waals surface area contributed by atoms with Crippen molar-refractivity contribution in [1.29, 1.82) is 0 Å². The molecule has 0 aliphatic carbocycles. The van der Waals surface area contributed by atoms with Gasteiger partial charge in [-0.2, -0.15) is 0 Å². The molecule has 164 valence electrons. The average molecular weight is 428 g/mol. The van der Waals surface area contributed by atoms with Crippen molar-refractivity contribution in [2.24, 2.45) is 5.92 Å². The summed E-state index contributed by atoms with van der Waals surface area (Å²) in [4.78, 5) is 26.7. The van der Waals surface area contributed by atoms with Gasteiger partial charge in [-0.1, -0.05) is 60.7 Å². The van der Waals surface area contributed by atoms with Gasteiger partial charge in [0.2, 0.25) is 0 Å². The van der Waals surface area contributed by atoms with Crippen LogP contribution in [0, 0.1) is 12.8 Å². The van der Waals surface area contributed by atoms with Crippen LogP contribution in [-0.2, 0) is 5.41 Å². The van der Waals surface area contributed by atoms with E-state index in [1.165, 1.54) is 5.56 Å². The minimum absolute atomic E-state index is 0.0719. The molecule has 32 heavy (non-hydrogen) atoms. The van der Waals surface area contributed by atoms with E-state index in [0.717, 1.165) is 56.4 Å². The third-order valence-electron chi connectivity index (χ3n) is 7.58. The van der Waals surface area contributed by atoms with Crippen molar-refractivity contribution in [3.8, 4) is 11.4 Å². The first-order valence-corrected chi connectivity index (χ1v) is 11.6. The van der Waals surface area contributed by atoms with Crippen LogP contribution in [-0.4, -0.2) is 71.0 Å². The largest absolute Gasteiger partial charge is 0.347 e. The molecule has 3 atom stereocenters. The summed E-state index contributed by atoms with van der Waals surface area (Å²) in [6.45, 7) is 8.24. The second-order valence-corrected chi connectivity index (χ2v) is 9.63. The SMILES string of the molecule is Cc1[nH]c(-c2ccccc2)nc1C(=O)N[C@@H]1C2CN3CCN(C2)CC1(c1ccccc1)C3. The first-order chi connectivity index (χ1) is 15.6. The van der Waals surface area contributed by atoms with Crippen LogP contribution in [0.4, 0.5) is 0 Å². The van der Waals surface area contributed by atoms with Crippen molar-refractivity contribution in [2.75, 3.05) is 39.3 Å². The van der Waals surface area contributed by atoms with Gasteiger partial charge in [-0.05, 0) is 12.5 Å². The molecule has 4 aliphatic heterocycles. The first-order valence-electron chi connectivity index (χ1n) is 11.6. The zero-order valence-electron chi connectivity index (χ0n) is 18.4. The highest BCUT2D eigenvalue weighted by Crippen LogP contribution is 2.43. The minimum Gasteiger partial charge on any atom is -0.347 e. The molecule has 0 radical (unpaired) electrons. The molecule has 1 aromatic heterocycles. The lowest BCUT2D eigenvalue weighted by Crippen LogP contribution is -2.70. The lowest BCUT2D eigenvalue weighted by atomic mass is 9.64. The van der Waals surface area contributed by atoms with Crippen molar-refractivity contribution in [3.05, 3.63) is 77.6 Å². The predicted molar refractivity (Wildman–Crippen MR) is 125 cm³/mol. The summed E-state index contributed by atoms with van der Waals surface area (Å²) >= 11 is 0. The van der Waals surface area contributed by atoms with Crippen LogP contribution in [0.1, 0.15) is 21.7 Å². The summed E-state index contributed by atoms with van der Waals surface area (Å²) in [7, 11) is 0. The first kappa shape index (κ1) is 19.7. The third-order valence-corrected chi connectivity index (χ3v) is 7.58. The molecule has 6 nitrogen and oxygen atoms in total. The number of H-pyrrole nitrogens is 1. The van der Waals surface area contributed by atoms with Crippen LogP contribution in [0.2, 0.25) is 0 Å². The van der Waals surface area contributed by atoms with Gasteiger partial charge in [0.25, 0.3) is 5.91 Å². The standard InChI is InChI=1S/C26H29N5O/c1-18-22(28-24(27-18)19-8-4-2-5-9-19)25(32)29-23-20-14-30-12-13-31(15-20)17-26(23,16-30)21-10-6-3-7-11-21/h2-11,20,23H,12-17H2,1H3,(H,27,28)(H,29,32)/t20?,23-,26?/m1/s1. The number of imidazole rings is 1. The van der Waals surface area contributed by atoms with E-state index in [2.05, 4.69) is 55.4 Å². The Morgan fingerprint density at radius 2 is 1.62 bits per heavy atom. The molecule has 0 spiro atoms. The van der Waals surface area contributed by atoms with Crippen LogP contribution in [0.5, 0.6) is 0 Å². The van der Waals surface area contributed by atoms with Crippen molar-refractivity contribution < 1.29 is 4.79 Å². The molecule has 4 aliphatic rings. The molecule has 0 saturated carbocycles. The molecule has 6 heteroatoms. The van der Waals surface area contributed by atoms with Crippen molar-refractivity contribution in [1.82, 2.24) is 25.1 Å². The number of nitrogens with one attached hydrogen (secondary N) is 2. The molecule has 4 saturated heterocycles. The van der Waals surface area contributed by atoms with Crippen molar-refractivity contribution in [2.45, 2.75) is 18.4 Å². The van der Waals surface area contributed by atoms with E-state index >= 15 is 0 Å². The highest BCUT2D eigenvalue weighted by Gasteiger charge is 2.55. The molecule has 7 rings (SSSR count). The van der Waals surface area contributed by atoms with Gasteiger partial charge in [0.15, 0.2) is 0 Å². The van der Waals surface area contributed by atoms with Gasteiger partial charge in [0, 0.05) is 67.9 Å². The Bertz CT molecular complexity index is 1110. The van der Waals surface area contributed by atoms with E-state index in [4.69, 9.17) is 0 Å². The molecule has 2 aromatic carbocycles. The highest BCUT2D eigenvalue weighted by atomic mass is 16.2. The number of fused-ring (bicyclic) bond motifs is 1. The summed E-state index contributed by atoms with van der Waals surface area (Å²) < 4.78 is 0. The number of aryl methyl sites for hydroxylation is 1. The van der Waals surface area contributed by atoms with E-state index in [1.54, 1.807) is 0 Å². The number of nitrogens with zero attached hydrogens (tertiary/aromatic N) is 3. The predicted octanol–water partition coefficient (Wildman–Crippen LogP) is 2.68. The van der Waals surface area contributed by atoms with Crippen LogP contribution in [0.15, 0.2) is 60.7 Å². The number of benzene rings is 2. The maximum Gasteiger partial charge on any atom is 0.272 e. The Balaban J connectivity index is 1.34. The summed E-state index contributed by atoms with van der Waals surface area (Å²) in [5, 5.41) is 3.48. The number of hydrogen-bond acceptors (Lipinski definition) is 4. The van der Waals surface area contributed by atoms with Crippen LogP contribution >= 0.6 is 0 Å². The van der Waals surface area contributed by atoms with E-state index in [-0.39, 0.29) is 17.4 Å². The minimum atomic E-state index is -0.0962. The van der Waals surface area contributed by atoms with E-state index in [0.29, 0.717) is 11.6 Å². The molecule has 3 aromatic rings. The van der Waals surface area contributed by atoms with Gasteiger partial charge in [0.05, 0.1) is 0 Å². The average Bonchev–Trinajstić information content (AvgIpc) is 3.04. The maximum atomic E-state index is 13.5. The normalized spacial score (nSPS) is 30.8. The lowest BCUT2D eigenvalue weighted by molar-refractivity contribution is 0.0179. The monoisotopic (exact) mass is 427 g/mol. The Hall–Kier alpha value is -2.96. The second kappa shape index (κ2) is 7.57. The number of hydrogen-bond donors (Lipinski definition) is 2. The number of amides is 1. The zero-order chi connectivity index (χ0) is 21.7. The quantitative estimate of drug-likeness (QED) is 0.672. The van der Waals surface area contributed by atoms with Gasteiger partial charge in [0.1, 0.15) is 11.5 Å². The van der Waals surface area contributed by atoms with Gasteiger partial charge in [-0.15, -0.1) is 0 Å². The second-order valence-electron chi connectivity index (χ2n) is 9.63. The molecule has 1 amide bonds. The maximum absolute atomic E-state index is 13.5. The molecule has 2 unspecified atom stereocenters. The zero-order valence-corrected chi connectivity index (χ0v) is 18.4. The Labute approximate surface area is 188 Å². The summed E-state index contributed by atoms with van der Waals surface area (Å²) in [5.74, 6) is 1.08. The van der Waals surface area contributed by atoms with Crippen LogP contribution < -0.4 is 5.32 Å². The van der Waals surface area contributed by atoms with Gasteiger partial charge in [-0.3, -0.25) is 4.79 Å². The number of carbonyl (C=O) groups is 1. The lowest BCUT2D eigenvalue weighted by Gasteiger charge is -2.55. The van der Waals surface area contributed by atoms with Crippen molar-refractivity contribution >= 4 is 5.91 Å². The molecule has 2 N–H and O–H groups in total. The summed E-state index contributed by atoms with van der Waals surface area (Å²) in [6.07, 6.45) is 0. The topological polar surface area (TPSA) is 64.3 Å². The van der Waals surface area contributed by atoms with Crippen molar-refractivity contribution in [3.63, 3.8) is 0 Å². The molecular weight excluding hydrogens is 398 g/mol. The molecule has 5 heterocycles. The fourth-order valence-electron chi connectivity index (χ4n) is 6.19. The van der Waals surface area contributed by atoms with E-state index in [1.807, 2.05) is 37.3 Å². The number of aromatic nitrogens is 2. The van der Waals surface area contributed by atoms with E-state index < -0.39 is 0 Å². The third kappa shape index (κ3) is 3.17. The molecular formula is C26H29N5O. The number of rotatable bonds is 4. The summed E-state index contributed by atoms with van der Waals surface area (Å²) in [6, 6.07) is 20.9.